The van der Waals surface area contributed by atoms with Gasteiger partial charge in [0.25, 0.3) is 5.95 Å². The summed E-state index contributed by atoms with van der Waals surface area (Å²) in [6.07, 6.45) is 5.03. The lowest BCUT2D eigenvalue weighted by molar-refractivity contribution is 0.0973. The van der Waals surface area contributed by atoms with Crippen LogP contribution in [0.4, 0.5) is 5.95 Å². The van der Waals surface area contributed by atoms with Crippen LogP contribution in [0.1, 0.15) is 37.1 Å². The normalized spacial score (nSPS) is 22.2. The zero-order valence-electron chi connectivity index (χ0n) is 15.1. The second-order valence-electron chi connectivity index (χ2n) is 7.58. The van der Waals surface area contributed by atoms with Gasteiger partial charge in [0.1, 0.15) is 0 Å². The SMILES string of the molecule is CN(C)c1noc(CNC2CCN(Cc3ccccc3)C3(CC3)C2)n1. The molecule has 1 aliphatic heterocycles. The molecule has 2 fully saturated rings. The van der Waals surface area contributed by atoms with Gasteiger partial charge in [0, 0.05) is 38.8 Å². The van der Waals surface area contributed by atoms with Crippen molar-refractivity contribution in [2.24, 2.45) is 0 Å². The molecule has 1 aromatic heterocycles. The van der Waals surface area contributed by atoms with Crippen molar-refractivity contribution in [1.82, 2.24) is 20.4 Å². The molecule has 1 spiro atoms. The molecule has 2 heterocycles. The molecule has 1 saturated carbocycles. The van der Waals surface area contributed by atoms with E-state index in [4.69, 9.17) is 4.52 Å². The van der Waals surface area contributed by atoms with Gasteiger partial charge in [-0.2, -0.15) is 4.98 Å². The predicted octanol–water partition coefficient (Wildman–Crippen LogP) is 2.42. The minimum Gasteiger partial charge on any atom is -0.344 e. The summed E-state index contributed by atoms with van der Waals surface area (Å²) >= 11 is 0. The number of nitrogens with one attached hydrogen (secondary N) is 1. The maximum atomic E-state index is 5.31. The topological polar surface area (TPSA) is 57.4 Å². The lowest BCUT2D eigenvalue weighted by atomic mass is 9.94. The van der Waals surface area contributed by atoms with Crippen LogP contribution in [-0.2, 0) is 13.1 Å². The molecule has 4 rings (SSSR count). The van der Waals surface area contributed by atoms with Crippen molar-refractivity contribution < 1.29 is 4.52 Å². The van der Waals surface area contributed by atoms with Gasteiger partial charge in [0.05, 0.1) is 6.54 Å². The number of hydrogen-bond acceptors (Lipinski definition) is 6. The number of hydrogen-bond donors (Lipinski definition) is 1. The number of piperidine rings is 1. The molecular weight excluding hydrogens is 314 g/mol. The minimum absolute atomic E-state index is 0.412. The lowest BCUT2D eigenvalue weighted by Gasteiger charge is -2.40. The largest absolute Gasteiger partial charge is 0.344 e. The highest BCUT2D eigenvalue weighted by molar-refractivity contribution is 5.23. The fraction of sp³-hybridized carbons (Fsp3) is 0.579. The molecule has 1 unspecified atom stereocenters. The summed E-state index contributed by atoms with van der Waals surface area (Å²) in [7, 11) is 3.84. The molecule has 1 atom stereocenters. The van der Waals surface area contributed by atoms with Crippen LogP contribution in [0, 0.1) is 0 Å². The number of aromatic nitrogens is 2. The average molecular weight is 341 g/mol. The standard InChI is InChI=1S/C19H27N5O/c1-23(2)18-21-17(25-22-18)13-20-16-8-11-24(19(12-16)9-10-19)14-15-6-4-3-5-7-15/h3-7,16,20H,8-14H2,1-2H3. The maximum Gasteiger partial charge on any atom is 0.265 e. The quantitative estimate of drug-likeness (QED) is 0.871. The first kappa shape index (κ1) is 16.5. The second-order valence-corrected chi connectivity index (χ2v) is 7.58. The van der Waals surface area contributed by atoms with Crippen molar-refractivity contribution in [3.8, 4) is 0 Å². The Morgan fingerprint density at radius 3 is 2.76 bits per heavy atom. The first-order chi connectivity index (χ1) is 12.1. The Hall–Kier alpha value is -1.92. The van der Waals surface area contributed by atoms with Gasteiger partial charge < -0.3 is 14.7 Å². The van der Waals surface area contributed by atoms with Crippen LogP contribution in [0.3, 0.4) is 0 Å². The molecule has 1 aliphatic carbocycles. The highest BCUT2D eigenvalue weighted by atomic mass is 16.5. The summed E-state index contributed by atoms with van der Waals surface area (Å²) in [6.45, 7) is 2.88. The molecule has 2 aliphatic rings. The smallest absolute Gasteiger partial charge is 0.265 e. The monoisotopic (exact) mass is 341 g/mol. The van der Waals surface area contributed by atoms with E-state index in [2.05, 4.69) is 50.7 Å². The molecule has 1 aromatic carbocycles. The summed E-state index contributed by atoms with van der Waals surface area (Å²) < 4.78 is 5.31. The summed E-state index contributed by atoms with van der Waals surface area (Å²) in [5, 5.41) is 7.60. The van der Waals surface area contributed by atoms with E-state index in [9.17, 15) is 0 Å². The van der Waals surface area contributed by atoms with Crippen LogP contribution in [0.15, 0.2) is 34.9 Å². The number of anilines is 1. The van der Waals surface area contributed by atoms with E-state index in [1.54, 1.807) is 0 Å². The Balaban J connectivity index is 1.31. The number of likely N-dealkylation sites (tertiary alicyclic amines) is 1. The van der Waals surface area contributed by atoms with E-state index >= 15 is 0 Å². The molecule has 6 nitrogen and oxygen atoms in total. The van der Waals surface area contributed by atoms with Gasteiger partial charge in [-0.3, -0.25) is 4.90 Å². The molecule has 2 aromatic rings. The summed E-state index contributed by atoms with van der Waals surface area (Å²) in [6, 6.07) is 11.4. The third-order valence-electron chi connectivity index (χ3n) is 5.49. The first-order valence-corrected chi connectivity index (χ1v) is 9.17. The van der Waals surface area contributed by atoms with Crippen LogP contribution < -0.4 is 10.2 Å². The molecule has 1 N–H and O–H groups in total. The third-order valence-corrected chi connectivity index (χ3v) is 5.49. The minimum atomic E-state index is 0.412. The maximum absolute atomic E-state index is 5.31. The van der Waals surface area contributed by atoms with Crippen LogP contribution >= 0.6 is 0 Å². The lowest BCUT2D eigenvalue weighted by Crippen LogP contribution is -2.49. The van der Waals surface area contributed by atoms with Crippen molar-refractivity contribution in [1.29, 1.82) is 0 Å². The van der Waals surface area contributed by atoms with Crippen molar-refractivity contribution in [2.75, 3.05) is 25.5 Å². The zero-order valence-corrected chi connectivity index (χ0v) is 15.1. The van der Waals surface area contributed by atoms with Gasteiger partial charge in [0.15, 0.2) is 0 Å². The molecule has 6 heteroatoms. The molecule has 1 saturated heterocycles. The van der Waals surface area contributed by atoms with Crippen LogP contribution in [-0.4, -0.2) is 47.3 Å². The Morgan fingerprint density at radius 1 is 1.28 bits per heavy atom. The van der Waals surface area contributed by atoms with E-state index in [0.29, 0.717) is 30.0 Å². The van der Waals surface area contributed by atoms with E-state index < -0.39 is 0 Å². The van der Waals surface area contributed by atoms with Crippen molar-refractivity contribution in [3.63, 3.8) is 0 Å². The Bertz CT molecular complexity index is 695. The van der Waals surface area contributed by atoms with E-state index in [1.807, 2.05) is 19.0 Å². The fourth-order valence-electron chi connectivity index (χ4n) is 3.86. The van der Waals surface area contributed by atoms with Gasteiger partial charge in [-0.15, -0.1) is 0 Å². The van der Waals surface area contributed by atoms with Gasteiger partial charge in [0.2, 0.25) is 5.89 Å². The van der Waals surface area contributed by atoms with Crippen molar-refractivity contribution >= 4 is 5.95 Å². The summed E-state index contributed by atoms with van der Waals surface area (Å²) in [4.78, 5) is 8.94. The van der Waals surface area contributed by atoms with Crippen molar-refractivity contribution in [3.05, 3.63) is 41.8 Å². The molecule has 0 radical (unpaired) electrons. The summed E-state index contributed by atoms with van der Waals surface area (Å²) in [5.74, 6) is 1.30. The van der Waals surface area contributed by atoms with Crippen LogP contribution in [0.5, 0.6) is 0 Å². The number of rotatable bonds is 6. The van der Waals surface area contributed by atoms with Gasteiger partial charge in [-0.05, 0) is 36.4 Å². The first-order valence-electron chi connectivity index (χ1n) is 9.17. The van der Waals surface area contributed by atoms with Gasteiger partial charge in [-0.1, -0.05) is 30.3 Å². The average Bonchev–Trinajstić information content (AvgIpc) is 3.20. The Morgan fingerprint density at radius 2 is 2.08 bits per heavy atom. The Kier molecular flexibility index (Phi) is 4.48. The van der Waals surface area contributed by atoms with E-state index in [0.717, 1.165) is 13.1 Å². The van der Waals surface area contributed by atoms with Gasteiger partial charge in [-0.25, -0.2) is 0 Å². The molecule has 134 valence electrons. The third kappa shape index (κ3) is 3.70. The summed E-state index contributed by atoms with van der Waals surface area (Å²) in [5.41, 5.74) is 1.83. The predicted molar refractivity (Wildman–Crippen MR) is 97.3 cm³/mol. The van der Waals surface area contributed by atoms with Crippen LogP contribution in [0.2, 0.25) is 0 Å². The molecule has 0 amide bonds. The van der Waals surface area contributed by atoms with E-state index in [-0.39, 0.29) is 0 Å². The Labute approximate surface area is 149 Å². The molecule has 0 bridgehead atoms. The highest BCUT2D eigenvalue weighted by Crippen LogP contribution is 2.48. The highest BCUT2D eigenvalue weighted by Gasteiger charge is 2.51. The van der Waals surface area contributed by atoms with E-state index in [1.165, 1.54) is 31.2 Å². The fourth-order valence-corrected chi connectivity index (χ4v) is 3.86. The number of nitrogens with zero attached hydrogens (tertiary/aromatic N) is 4. The number of benzene rings is 1. The molecular formula is C19H27N5O. The van der Waals surface area contributed by atoms with Crippen molar-refractivity contribution in [2.45, 2.75) is 50.4 Å². The van der Waals surface area contributed by atoms with Crippen LogP contribution in [0.25, 0.3) is 0 Å². The second kappa shape index (κ2) is 6.77. The van der Waals surface area contributed by atoms with Gasteiger partial charge >= 0.3 is 0 Å². The zero-order chi connectivity index (χ0) is 17.3. The molecule has 25 heavy (non-hydrogen) atoms.